The summed E-state index contributed by atoms with van der Waals surface area (Å²) in [7, 11) is 0.236. The first-order chi connectivity index (χ1) is 10.7. The smallest absolute Gasteiger partial charge is 0.300 e. The van der Waals surface area contributed by atoms with Crippen molar-refractivity contribution in [3.63, 3.8) is 0 Å². The summed E-state index contributed by atoms with van der Waals surface area (Å²) in [4.78, 5) is 13.9. The van der Waals surface area contributed by atoms with Crippen LogP contribution in [-0.4, -0.2) is 32.0 Å². The molecule has 23 heavy (non-hydrogen) atoms. The summed E-state index contributed by atoms with van der Waals surface area (Å²) < 4.78 is 0. The Morgan fingerprint density at radius 1 is 1.35 bits per heavy atom. The van der Waals surface area contributed by atoms with Crippen molar-refractivity contribution >= 4 is 19.8 Å². The second-order valence-electron chi connectivity index (χ2n) is 6.16. The van der Waals surface area contributed by atoms with E-state index in [4.69, 9.17) is 14.7 Å². The predicted molar refractivity (Wildman–Crippen MR) is 96.4 cm³/mol. The van der Waals surface area contributed by atoms with Crippen LogP contribution < -0.4 is 0 Å². The lowest BCUT2D eigenvalue weighted by Crippen LogP contribution is -2.16. The van der Waals surface area contributed by atoms with E-state index in [9.17, 15) is 0 Å². The average molecular weight is 329 g/mol. The molecule has 0 aromatic heterocycles. The SMILES string of the molecule is CC(=O)O.CON=C1C=CCc2ccc(C#C[Si](C)(C)C)cc21. The van der Waals surface area contributed by atoms with Crippen molar-refractivity contribution in [1.82, 2.24) is 0 Å². The molecule has 0 amide bonds. The van der Waals surface area contributed by atoms with E-state index >= 15 is 0 Å². The summed E-state index contributed by atoms with van der Waals surface area (Å²) in [5.74, 6) is 2.46. The third-order valence-electron chi connectivity index (χ3n) is 2.77. The Balaban J connectivity index is 0.000000593. The molecule has 5 heteroatoms. The number of hydrogen-bond acceptors (Lipinski definition) is 3. The second-order valence-corrected chi connectivity index (χ2v) is 10.9. The molecule has 2 rings (SSSR count). The molecule has 0 aliphatic heterocycles. The van der Waals surface area contributed by atoms with E-state index in [1.807, 2.05) is 6.08 Å². The molecule has 1 aliphatic carbocycles. The summed E-state index contributed by atoms with van der Waals surface area (Å²) in [6.45, 7) is 7.83. The van der Waals surface area contributed by atoms with E-state index in [0.29, 0.717) is 0 Å². The van der Waals surface area contributed by atoms with E-state index in [2.05, 4.69) is 60.5 Å². The molecule has 4 nitrogen and oxygen atoms in total. The van der Waals surface area contributed by atoms with Crippen LogP contribution in [0.1, 0.15) is 23.6 Å². The van der Waals surface area contributed by atoms with Gasteiger partial charge in [-0.3, -0.25) is 4.79 Å². The molecule has 122 valence electrons. The number of carbonyl (C=O) groups is 1. The number of benzene rings is 1. The number of nitrogens with zero attached hydrogens (tertiary/aromatic N) is 1. The quantitative estimate of drug-likeness (QED) is 0.487. The van der Waals surface area contributed by atoms with Crippen molar-refractivity contribution < 1.29 is 14.7 Å². The predicted octanol–water partition coefficient (Wildman–Crippen LogP) is 3.47. The molecule has 0 unspecified atom stereocenters. The highest BCUT2D eigenvalue weighted by Crippen LogP contribution is 2.19. The maximum absolute atomic E-state index is 9.00. The maximum atomic E-state index is 9.00. The van der Waals surface area contributed by atoms with Crippen LogP contribution in [0.4, 0.5) is 0 Å². The number of aliphatic carboxylic acids is 1. The van der Waals surface area contributed by atoms with Crippen LogP contribution >= 0.6 is 0 Å². The second kappa shape index (κ2) is 8.35. The number of carboxylic acid groups (broad SMARTS) is 1. The van der Waals surface area contributed by atoms with Crippen LogP contribution in [0.3, 0.4) is 0 Å². The zero-order chi connectivity index (χ0) is 17.5. The van der Waals surface area contributed by atoms with Crippen molar-refractivity contribution in [2.24, 2.45) is 5.16 Å². The van der Waals surface area contributed by atoms with Gasteiger partial charge < -0.3 is 9.94 Å². The fourth-order valence-corrected chi connectivity index (χ4v) is 2.41. The fourth-order valence-electron chi connectivity index (χ4n) is 1.90. The summed E-state index contributed by atoms with van der Waals surface area (Å²) in [6, 6.07) is 6.34. The van der Waals surface area contributed by atoms with Gasteiger partial charge in [0.15, 0.2) is 0 Å². The number of oxime groups is 1. The van der Waals surface area contributed by atoms with Crippen LogP contribution in [0.5, 0.6) is 0 Å². The van der Waals surface area contributed by atoms with Gasteiger partial charge >= 0.3 is 0 Å². The normalized spacial score (nSPS) is 14.0. The van der Waals surface area contributed by atoms with Gasteiger partial charge in [-0.1, -0.05) is 42.9 Å². The Kier molecular flexibility index (Phi) is 6.80. The highest BCUT2D eigenvalue weighted by atomic mass is 28.3. The summed E-state index contributed by atoms with van der Waals surface area (Å²) in [5.41, 5.74) is 7.73. The zero-order valence-corrected chi connectivity index (χ0v) is 15.3. The number of hydrogen-bond donors (Lipinski definition) is 1. The minimum absolute atomic E-state index is 0.833. The number of rotatable bonds is 1. The van der Waals surface area contributed by atoms with E-state index in [0.717, 1.165) is 30.2 Å². The average Bonchev–Trinajstić information content (AvgIpc) is 2.44. The van der Waals surface area contributed by atoms with Crippen LogP contribution in [-0.2, 0) is 16.1 Å². The van der Waals surface area contributed by atoms with Crippen molar-refractivity contribution in [3.8, 4) is 11.5 Å². The number of allylic oxidation sites excluding steroid dienone is 2. The van der Waals surface area contributed by atoms with Crippen LogP contribution in [0.2, 0.25) is 19.6 Å². The van der Waals surface area contributed by atoms with E-state index in [-0.39, 0.29) is 0 Å². The first-order valence-electron chi connectivity index (χ1n) is 7.36. The standard InChI is InChI=1S/C16H19NOSi.C2H4O2/c1-18-17-16-7-5-6-14-9-8-13(12-15(14)16)10-11-19(2,3)4;1-2(3)4/h5,7-9,12H,6H2,1-4H3;1H3,(H,3,4). The molecule has 1 N–H and O–H groups in total. The Labute approximate surface area is 138 Å². The third kappa shape index (κ3) is 6.98. The highest BCUT2D eigenvalue weighted by molar-refractivity contribution is 6.83. The van der Waals surface area contributed by atoms with E-state index in [1.165, 1.54) is 5.56 Å². The number of carboxylic acids is 1. The Hall–Kier alpha value is -2.32. The molecule has 0 saturated heterocycles. The Morgan fingerprint density at radius 2 is 2.00 bits per heavy atom. The van der Waals surface area contributed by atoms with Crippen LogP contribution in [0, 0.1) is 11.5 Å². The topological polar surface area (TPSA) is 58.9 Å². The Bertz CT molecular complexity index is 684. The van der Waals surface area contributed by atoms with Crippen LogP contribution in [0.25, 0.3) is 0 Å². The molecule has 0 spiro atoms. The third-order valence-corrected chi connectivity index (χ3v) is 3.65. The van der Waals surface area contributed by atoms with E-state index in [1.54, 1.807) is 7.11 Å². The molecule has 0 fully saturated rings. The van der Waals surface area contributed by atoms with Crippen molar-refractivity contribution in [2.45, 2.75) is 33.0 Å². The van der Waals surface area contributed by atoms with Crippen molar-refractivity contribution in [3.05, 3.63) is 47.0 Å². The maximum Gasteiger partial charge on any atom is 0.300 e. The molecule has 0 saturated carbocycles. The fraction of sp³-hybridized carbons (Fsp3) is 0.333. The van der Waals surface area contributed by atoms with E-state index < -0.39 is 14.0 Å². The molecule has 1 aromatic rings. The van der Waals surface area contributed by atoms with Gasteiger partial charge in [-0.2, -0.15) is 0 Å². The van der Waals surface area contributed by atoms with Gasteiger partial charge in [0.1, 0.15) is 20.9 Å². The highest BCUT2D eigenvalue weighted by Gasteiger charge is 2.12. The lowest BCUT2D eigenvalue weighted by Gasteiger charge is -2.12. The minimum atomic E-state index is -1.34. The lowest BCUT2D eigenvalue weighted by atomic mass is 9.93. The first kappa shape index (κ1) is 18.7. The first-order valence-corrected chi connectivity index (χ1v) is 10.9. The molecule has 1 aromatic carbocycles. The number of fused-ring (bicyclic) bond motifs is 1. The molecule has 0 heterocycles. The van der Waals surface area contributed by atoms with Gasteiger partial charge in [0.25, 0.3) is 5.97 Å². The zero-order valence-electron chi connectivity index (χ0n) is 14.3. The lowest BCUT2D eigenvalue weighted by molar-refractivity contribution is -0.134. The molecular formula is C18H23NO3Si. The van der Waals surface area contributed by atoms with Gasteiger partial charge in [0, 0.05) is 18.1 Å². The van der Waals surface area contributed by atoms with Gasteiger partial charge in [-0.05, 0) is 30.2 Å². The van der Waals surface area contributed by atoms with Crippen molar-refractivity contribution in [1.29, 1.82) is 0 Å². The van der Waals surface area contributed by atoms with Gasteiger partial charge in [0.2, 0.25) is 0 Å². The van der Waals surface area contributed by atoms with Gasteiger partial charge in [0.05, 0.1) is 0 Å². The van der Waals surface area contributed by atoms with Crippen LogP contribution in [0.15, 0.2) is 35.5 Å². The largest absolute Gasteiger partial charge is 0.481 e. The van der Waals surface area contributed by atoms with Crippen molar-refractivity contribution in [2.75, 3.05) is 7.11 Å². The van der Waals surface area contributed by atoms with Gasteiger partial charge in [-0.25, -0.2) is 0 Å². The van der Waals surface area contributed by atoms with Gasteiger partial charge in [-0.15, -0.1) is 5.54 Å². The molecule has 0 radical (unpaired) electrons. The summed E-state index contributed by atoms with van der Waals surface area (Å²) >= 11 is 0. The summed E-state index contributed by atoms with van der Waals surface area (Å²) in [6.07, 6.45) is 5.05. The Morgan fingerprint density at radius 3 is 2.57 bits per heavy atom. The molecule has 0 atom stereocenters. The molecular weight excluding hydrogens is 306 g/mol. The minimum Gasteiger partial charge on any atom is -0.481 e. The molecule has 0 bridgehead atoms. The monoisotopic (exact) mass is 329 g/mol. The molecule has 1 aliphatic rings. The summed E-state index contributed by atoms with van der Waals surface area (Å²) in [5, 5.41) is 11.5.